The number of piperazine rings is 1. The molecule has 0 aliphatic carbocycles. The molecule has 2 N–H and O–H groups in total. The number of hydrogen-bond acceptors (Lipinski definition) is 6. The first kappa shape index (κ1) is 22.4. The Bertz CT molecular complexity index is 686. The van der Waals surface area contributed by atoms with Crippen LogP contribution in [0.1, 0.15) is 12.5 Å². The summed E-state index contributed by atoms with van der Waals surface area (Å²) in [6.07, 6.45) is 2.07. The molecule has 0 radical (unpaired) electrons. The van der Waals surface area contributed by atoms with Crippen LogP contribution in [0.2, 0.25) is 0 Å². The Balaban J connectivity index is 0.000000487. The predicted molar refractivity (Wildman–Crippen MR) is 99.8 cm³/mol. The van der Waals surface area contributed by atoms with Crippen molar-refractivity contribution in [2.45, 2.75) is 18.4 Å². The van der Waals surface area contributed by atoms with Gasteiger partial charge in [0.2, 0.25) is 10.0 Å². The van der Waals surface area contributed by atoms with Crippen molar-refractivity contribution in [3.63, 3.8) is 0 Å². The lowest BCUT2D eigenvalue weighted by Crippen LogP contribution is -2.48. The van der Waals surface area contributed by atoms with E-state index in [4.69, 9.17) is 19.8 Å². The lowest BCUT2D eigenvalue weighted by Gasteiger charge is -2.33. The lowest BCUT2D eigenvalue weighted by molar-refractivity contribution is -0.159. The third-order valence-electron chi connectivity index (χ3n) is 3.84. The average Bonchev–Trinajstić information content (AvgIpc) is 2.63. The van der Waals surface area contributed by atoms with Gasteiger partial charge >= 0.3 is 11.9 Å². The minimum absolute atomic E-state index is 0.198. The summed E-state index contributed by atoms with van der Waals surface area (Å²) in [6.45, 7) is 5.44. The number of rotatable bonds is 5. The van der Waals surface area contributed by atoms with Gasteiger partial charge in [0.05, 0.1) is 5.75 Å². The van der Waals surface area contributed by atoms with Gasteiger partial charge in [0.25, 0.3) is 0 Å². The van der Waals surface area contributed by atoms with E-state index in [0.717, 1.165) is 19.6 Å². The molecule has 1 fully saturated rings. The monoisotopic (exact) mass is 404 g/mol. The number of carbonyl (C=O) groups is 2. The first-order chi connectivity index (χ1) is 12.2. The molecule has 0 amide bonds. The van der Waals surface area contributed by atoms with Crippen LogP contribution in [0.25, 0.3) is 0 Å². The fourth-order valence-electron chi connectivity index (χ4n) is 2.34. The molecule has 0 spiro atoms. The summed E-state index contributed by atoms with van der Waals surface area (Å²) in [5.41, 5.74) is 1.29. The van der Waals surface area contributed by atoms with Crippen molar-refractivity contribution < 1.29 is 28.2 Å². The molecule has 1 aromatic rings. The minimum Gasteiger partial charge on any atom is -0.473 e. The Morgan fingerprint density at radius 2 is 1.54 bits per heavy atom. The Hall–Kier alpha value is -1.62. The minimum atomic E-state index is -3.02. The van der Waals surface area contributed by atoms with Gasteiger partial charge in [-0.15, -0.1) is 11.8 Å². The average molecular weight is 405 g/mol. The van der Waals surface area contributed by atoms with Gasteiger partial charge in [-0.25, -0.2) is 18.0 Å². The van der Waals surface area contributed by atoms with Crippen LogP contribution in [-0.4, -0.2) is 78.0 Å². The van der Waals surface area contributed by atoms with Crippen molar-refractivity contribution in [3.8, 4) is 0 Å². The summed E-state index contributed by atoms with van der Waals surface area (Å²) in [5, 5.41) is 14.8. The number of aliphatic carboxylic acids is 2. The molecular formula is C16H24N2O6S2. The number of carboxylic acids is 2. The van der Waals surface area contributed by atoms with E-state index in [1.165, 1.54) is 10.5 Å². The second kappa shape index (κ2) is 10.5. The van der Waals surface area contributed by atoms with E-state index in [1.807, 2.05) is 0 Å². The maximum absolute atomic E-state index is 11.8. The second-order valence-electron chi connectivity index (χ2n) is 5.53. The number of sulfonamides is 1. The quantitative estimate of drug-likeness (QED) is 0.552. The molecule has 0 atom stereocenters. The third-order valence-corrected chi connectivity index (χ3v) is 6.46. The Kier molecular flexibility index (Phi) is 9.06. The van der Waals surface area contributed by atoms with Gasteiger partial charge in [-0.3, -0.25) is 4.90 Å². The highest BCUT2D eigenvalue weighted by Crippen LogP contribution is 2.17. The summed E-state index contributed by atoms with van der Waals surface area (Å²) in [5.74, 6) is -3.45. The van der Waals surface area contributed by atoms with Gasteiger partial charge in [0.1, 0.15) is 0 Å². The molecule has 8 nitrogen and oxygen atoms in total. The molecule has 0 saturated carbocycles. The van der Waals surface area contributed by atoms with Gasteiger partial charge in [-0.05, 0) is 30.9 Å². The molecule has 0 bridgehead atoms. The molecular weight excluding hydrogens is 380 g/mol. The SMILES string of the molecule is CCS(=O)(=O)N1CCN(Cc2ccc(SC)cc2)CC1.O=C(O)C(=O)O. The zero-order chi connectivity index (χ0) is 19.7. The van der Waals surface area contributed by atoms with Crippen molar-refractivity contribution >= 4 is 33.7 Å². The van der Waals surface area contributed by atoms with Crippen molar-refractivity contribution in [1.82, 2.24) is 9.21 Å². The zero-order valence-corrected chi connectivity index (χ0v) is 16.4. The van der Waals surface area contributed by atoms with Crippen molar-refractivity contribution in [2.75, 3.05) is 38.2 Å². The second-order valence-corrected chi connectivity index (χ2v) is 8.67. The van der Waals surface area contributed by atoms with E-state index < -0.39 is 22.0 Å². The van der Waals surface area contributed by atoms with Gasteiger partial charge in [-0.1, -0.05) is 12.1 Å². The normalized spacial score (nSPS) is 15.8. The van der Waals surface area contributed by atoms with Crippen LogP contribution in [0, 0.1) is 0 Å². The van der Waals surface area contributed by atoms with Gasteiger partial charge < -0.3 is 10.2 Å². The van der Waals surface area contributed by atoms with Crippen LogP contribution < -0.4 is 0 Å². The first-order valence-electron chi connectivity index (χ1n) is 7.99. The van der Waals surface area contributed by atoms with E-state index in [-0.39, 0.29) is 5.75 Å². The molecule has 0 aromatic heterocycles. The number of benzene rings is 1. The summed E-state index contributed by atoms with van der Waals surface area (Å²) in [4.78, 5) is 21.8. The molecule has 1 saturated heterocycles. The van der Waals surface area contributed by atoms with Crippen molar-refractivity contribution in [3.05, 3.63) is 29.8 Å². The van der Waals surface area contributed by atoms with Gasteiger partial charge in [-0.2, -0.15) is 4.31 Å². The van der Waals surface area contributed by atoms with Crippen LogP contribution in [-0.2, 0) is 26.2 Å². The fraction of sp³-hybridized carbons (Fsp3) is 0.500. The first-order valence-corrected chi connectivity index (χ1v) is 10.8. The van der Waals surface area contributed by atoms with Crippen molar-refractivity contribution in [1.29, 1.82) is 0 Å². The molecule has 1 aromatic carbocycles. The van der Waals surface area contributed by atoms with E-state index in [1.54, 1.807) is 23.0 Å². The summed E-state index contributed by atoms with van der Waals surface area (Å²) in [7, 11) is -3.02. The highest BCUT2D eigenvalue weighted by atomic mass is 32.2. The number of carboxylic acid groups (broad SMARTS) is 2. The fourth-order valence-corrected chi connectivity index (χ4v) is 3.83. The molecule has 146 valence electrons. The van der Waals surface area contributed by atoms with Gasteiger partial charge in [0, 0.05) is 37.6 Å². The third kappa shape index (κ3) is 7.32. The molecule has 0 unspecified atom stereocenters. The number of thioether (sulfide) groups is 1. The van der Waals surface area contributed by atoms with E-state index in [2.05, 4.69) is 35.4 Å². The Morgan fingerprint density at radius 1 is 1.04 bits per heavy atom. The molecule has 1 heterocycles. The Labute approximate surface area is 157 Å². The van der Waals surface area contributed by atoms with Crippen LogP contribution >= 0.6 is 11.8 Å². The zero-order valence-electron chi connectivity index (χ0n) is 14.8. The number of hydrogen-bond donors (Lipinski definition) is 2. The largest absolute Gasteiger partial charge is 0.473 e. The molecule has 2 rings (SSSR count). The Morgan fingerprint density at radius 3 is 1.92 bits per heavy atom. The van der Waals surface area contributed by atoms with Crippen LogP contribution in [0.3, 0.4) is 0 Å². The molecule has 1 aliphatic rings. The maximum Gasteiger partial charge on any atom is 0.414 e. The summed E-state index contributed by atoms with van der Waals surface area (Å²) >= 11 is 1.74. The number of nitrogens with zero attached hydrogens (tertiary/aromatic N) is 2. The lowest BCUT2D eigenvalue weighted by atomic mass is 10.2. The summed E-state index contributed by atoms with van der Waals surface area (Å²) in [6, 6.07) is 8.58. The standard InChI is InChI=1S/C14H22N2O2S2.C2H2O4/c1-3-20(17,18)16-10-8-15(9-11-16)12-13-4-6-14(19-2)7-5-13;3-1(4)2(5)6/h4-7H,3,8-12H2,1-2H3;(H,3,4)(H,5,6). The highest BCUT2D eigenvalue weighted by Gasteiger charge is 2.25. The van der Waals surface area contributed by atoms with E-state index >= 15 is 0 Å². The molecule has 10 heteroatoms. The molecule has 26 heavy (non-hydrogen) atoms. The van der Waals surface area contributed by atoms with Gasteiger partial charge in [0.15, 0.2) is 0 Å². The van der Waals surface area contributed by atoms with Crippen LogP contribution in [0.5, 0.6) is 0 Å². The predicted octanol–water partition coefficient (Wildman–Crippen LogP) is 1.03. The van der Waals surface area contributed by atoms with Crippen LogP contribution in [0.15, 0.2) is 29.2 Å². The van der Waals surface area contributed by atoms with E-state index in [0.29, 0.717) is 13.1 Å². The smallest absolute Gasteiger partial charge is 0.414 e. The summed E-state index contributed by atoms with van der Waals surface area (Å²) < 4.78 is 25.2. The molecule has 1 aliphatic heterocycles. The van der Waals surface area contributed by atoms with E-state index in [9.17, 15) is 8.42 Å². The highest BCUT2D eigenvalue weighted by molar-refractivity contribution is 7.98. The topological polar surface area (TPSA) is 115 Å². The van der Waals surface area contributed by atoms with Crippen LogP contribution in [0.4, 0.5) is 0 Å². The maximum atomic E-state index is 11.8. The van der Waals surface area contributed by atoms with Crippen molar-refractivity contribution in [2.24, 2.45) is 0 Å².